The maximum atomic E-state index is 11.7. The molecule has 1 fully saturated rings. The molecule has 0 radical (unpaired) electrons. The van der Waals surface area contributed by atoms with Gasteiger partial charge in [-0.15, -0.1) is 0 Å². The van der Waals surface area contributed by atoms with Gasteiger partial charge >= 0.3 is 6.09 Å². The fraction of sp³-hybridized carbons (Fsp3) is 0.647. The standard InChI is InChI=1S/C17H27N3O3/c1-17(2,3)23-16(21)20-15-10-9-12(11-18-15)19-13-7-5-6-8-14(13)22-4/h9-11,13-14,19H,5-8H2,1-4H3,(H,18,20,21). The third-order valence-corrected chi connectivity index (χ3v) is 3.75. The quantitative estimate of drug-likeness (QED) is 0.882. The number of nitrogens with one attached hydrogen (secondary N) is 2. The van der Waals surface area contributed by atoms with E-state index in [1.165, 1.54) is 12.8 Å². The number of amides is 1. The number of carbonyl (C=O) groups excluding carboxylic acids is 1. The van der Waals surface area contributed by atoms with Crippen LogP contribution < -0.4 is 10.6 Å². The van der Waals surface area contributed by atoms with E-state index in [-0.39, 0.29) is 6.10 Å². The summed E-state index contributed by atoms with van der Waals surface area (Å²) < 4.78 is 10.7. The zero-order valence-corrected chi connectivity index (χ0v) is 14.4. The normalized spacial score (nSPS) is 21.6. The van der Waals surface area contributed by atoms with Gasteiger partial charge in [0.25, 0.3) is 0 Å². The van der Waals surface area contributed by atoms with E-state index < -0.39 is 11.7 Å². The van der Waals surface area contributed by atoms with Gasteiger partial charge < -0.3 is 14.8 Å². The number of pyridine rings is 1. The topological polar surface area (TPSA) is 72.5 Å². The van der Waals surface area contributed by atoms with Gasteiger partial charge in [-0.3, -0.25) is 5.32 Å². The Morgan fingerprint density at radius 3 is 2.61 bits per heavy atom. The van der Waals surface area contributed by atoms with Crippen LogP contribution in [0, 0.1) is 0 Å². The second-order valence-electron chi connectivity index (χ2n) is 6.87. The molecule has 1 heterocycles. The van der Waals surface area contributed by atoms with Crippen molar-refractivity contribution in [2.45, 2.75) is 64.2 Å². The van der Waals surface area contributed by atoms with Crippen LogP contribution in [0.25, 0.3) is 0 Å². The second-order valence-corrected chi connectivity index (χ2v) is 6.87. The van der Waals surface area contributed by atoms with Crippen molar-refractivity contribution in [1.82, 2.24) is 4.98 Å². The van der Waals surface area contributed by atoms with Gasteiger partial charge in [0.2, 0.25) is 0 Å². The average Bonchev–Trinajstić information content (AvgIpc) is 2.48. The Hall–Kier alpha value is -1.82. The number of anilines is 2. The molecule has 1 amide bonds. The molecule has 0 spiro atoms. The van der Waals surface area contributed by atoms with Crippen LogP contribution in [-0.4, -0.2) is 35.9 Å². The number of ether oxygens (including phenoxy) is 2. The van der Waals surface area contributed by atoms with Crippen LogP contribution >= 0.6 is 0 Å². The summed E-state index contributed by atoms with van der Waals surface area (Å²) in [6.07, 6.45) is 6.06. The Morgan fingerprint density at radius 2 is 2.00 bits per heavy atom. The highest BCUT2D eigenvalue weighted by Crippen LogP contribution is 2.24. The molecule has 23 heavy (non-hydrogen) atoms. The first kappa shape index (κ1) is 17.5. The van der Waals surface area contributed by atoms with E-state index in [4.69, 9.17) is 9.47 Å². The van der Waals surface area contributed by atoms with Gasteiger partial charge in [0.1, 0.15) is 11.4 Å². The van der Waals surface area contributed by atoms with Crippen molar-refractivity contribution < 1.29 is 14.3 Å². The molecule has 2 atom stereocenters. The lowest BCUT2D eigenvalue weighted by molar-refractivity contribution is 0.0606. The first-order valence-electron chi connectivity index (χ1n) is 8.13. The van der Waals surface area contributed by atoms with Crippen molar-refractivity contribution >= 4 is 17.6 Å². The number of aromatic nitrogens is 1. The van der Waals surface area contributed by atoms with E-state index in [0.29, 0.717) is 11.9 Å². The molecule has 1 aromatic heterocycles. The first-order chi connectivity index (χ1) is 10.9. The molecule has 128 valence electrons. The number of carbonyl (C=O) groups is 1. The van der Waals surface area contributed by atoms with Gasteiger partial charge in [0.15, 0.2) is 0 Å². The summed E-state index contributed by atoms with van der Waals surface area (Å²) in [5.41, 5.74) is 0.399. The van der Waals surface area contributed by atoms with Gasteiger partial charge in [0.05, 0.1) is 24.0 Å². The molecule has 0 saturated heterocycles. The molecule has 0 bridgehead atoms. The first-order valence-corrected chi connectivity index (χ1v) is 8.13. The van der Waals surface area contributed by atoms with E-state index in [0.717, 1.165) is 18.5 Å². The molecule has 0 aliphatic heterocycles. The van der Waals surface area contributed by atoms with Crippen LogP contribution in [0.5, 0.6) is 0 Å². The van der Waals surface area contributed by atoms with Crippen LogP contribution in [0.1, 0.15) is 46.5 Å². The maximum absolute atomic E-state index is 11.7. The Bertz CT molecular complexity index is 511. The lowest BCUT2D eigenvalue weighted by Gasteiger charge is -2.31. The molecule has 6 nitrogen and oxygen atoms in total. The predicted molar refractivity (Wildman–Crippen MR) is 90.8 cm³/mol. The monoisotopic (exact) mass is 321 g/mol. The fourth-order valence-electron chi connectivity index (χ4n) is 2.72. The molecule has 2 rings (SSSR count). The molecule has 1 aromatic rings. The predicted octanol–water partition coefficient (Wildman–Crippen LogP) is 3.80. The van der Waals surface area contributed by atoms with E-state index in [2.05, 4.69) is 15.6 Å². The summed E-state index contributed by atoms with van der Waals surface area (Å²) in [6.45, 7) is 5.47. The van der Waals surface area contributed by atoms with Crippen LogP contribution in [0.3, 0.4) is 0 Å². The molecule has 2 N–H and O–H groups in total. The summed E-state index contributed by atoms with van der Waals surface area (Å²) in [4.78, 5) is 16.0. The smallest absolute Gasteiger partial charge is 0.413 e. The lowest BCUT2D eigenvalue weighted by atomic mass is 9.92. The maximum Gasteiger partial charge on any atom is 0.413 e. The zero-order chi connectivity index (χ0) is 16.9. The molecule has 2 unspecified atom stereocenters. The second kappa shape index (κ2) is 7.64. The summed E-state index contributed by atoms with van der Waals surface area (Å²) in [6, 6.07) is 3.97. The molecule has 6 heteroatoms. The Morgan fingerprint density at radius 1 is 1.26 bits per heavy atom. The minimum atomic E-state index is -0.526. The number of hydrogen-bond donors (Lipinski definition) is 2. The van der Waals surface area contributed by atoms with Crippen LogP contribution in [0.2, 0.25) is 0 Å². The van der Waals surface area contributed by atoms with Crippen molar-refractivity contribution in [3.63, 3.8) is 0 Å². The van der Waals surface area contributed by atoms with Crippen molar-refractivity contribution in [3.05, 3.63) is 18.3 Å². The van der Waals surface area contributed by atoms with Gasteiger partial charge in [-0.25, -0.2) is 9.78 Å². The molecule has 1 saturated carbocycles. The summed E-state index contributed by atoms with van der Waals surface area (Å²) in [5.74, 6) is 0.469. The van der Waals surface area contributed by atoms with Crippen molar-refractivity contribution in [2.24, 2.45) is 0 Å². The number of nitrogens with zero attached hydrogens (tertiary/aromatic N) is 1. The highest BCUT2D eigenvalue weighted by atomic mass is 16.6. The van der Waals surface area contributed by atoms with E-state index in [9.17, 15) is 4.79 Å². The number of hydrogen-bond acceptors (Lipinski definition) is 5. The van der Waals surface area contributed by atoms with Crippen molar-refractivity contribution in [3.8, 4) is 0 Å². The number of methoxy groups -OCH3 is 1. The summed E-state index contributed by atoms with van der Waals surface area (Å²) in [5, 5.41) is 6.09. The zero-order valence-electron chi connectivity index (χ0n) is 14.4. The highest BCUT2D eigenvalue weighted by molar-refractivity contribution is 5.83. The van der Waals surface area contributed by atoms with Crippen LogP contribution in [0.4, 0.5) is 16.3 Å². The highest BCUT2D eigenvalue weighted by Gasteiger charge is 2.24. The van der Waals surface area contributed by atoms with E-state index >= 15 is 0 Å². The van der Waals surface area contributed by atoms with E-state index in [1.54, 1.807) is 19.4 Å². The lowest BCUT2D eigenvalue weighted by Crippen LogP contribution is -2.37. The third kappa shape index (κ3) is 5.71. The number of rotatable bonds is 4. The molecular formula is C17H27N3O3. The Balaban J connectivity index is 1.90. The summed E-state index contributed by atoms with van der Waals surface area (Å²) >= 11 is 0. The average molecular weight is 321 g/mol. The SMILES string of the molecule is COC1CCCCC1Nc1ccc(NC(=O)OC(C)(C)C)nc1. The van der Waals surface area contributed by atoms with Gasteiger partial charge in [-0.2, -0.15) is 0 Å². The Kier molecular flexibility index (Phi) is 5.82. The van der Waals surface area contributed by atoms with Gasteiger partial charge in [-0.1, -0.05) is 12.8 Å². The van der Waals surface area contributed by atoms with Gasteiger partial charge in [0, 0.05) is 7.11 Å². The largest absolute Gasteiger partial charge is 0.444 e. The molecule has 1 aliphatic carbocycles. The van der Waals surface area contributed by atoms with Crippen molar-refractivity contribution in [2.75, 3.05) is 17.7 Å². The van der Waals surface area contributed by atoms with Gasteiger partial charge in [-0.05, 0) is 45.7 Å². The summed E-state index contributed by atoms with van der Waals surface area (Å²) in [7, 11) is 1.76. The molecule has 1 aliphatic rings. The van der Waals surface area contributed by atoms with Crippen LogP contribution in [0.15, 0.2) is 18.3 Å². The fourth-order valence-corrected chi connectivity index (χ4v) is 2.72. The third-order valence-electron chi connectivity index (χ3n) is 3.75. The van der Waals surface area contributed by atoms with E-state index in [1.807, 2.05) is 26.8 Å². The minimum absolute atomic E-state index is 0.239. The minimum Gasteiger partial charge on any atom is -0.444 e. The van der Waals surface area contributed by atoms with Crippen LogP contribution in [-0.2, 0) is 9.47 Å². The Labute approximate surface area is 138 Å². The molecular weight excluding hydrogens is 294 g/mol. The molecule has 0 aromatic carbocycles. The van der Waals surface area contributed by atoms with Crippen molar-refractivity contribution in [1.29, 1.82) is 0 Å².